The fourth-order valence-corrected chi connectivity index (χ4v) is 2.35. The Morgan fingerprint density at radius 2 is 2.07 bits per heavy atom. The van der Waals surface area contributed by atoms with Crippen molar-refractivity contribution in [1.29, 1.82) is 0 Å². The van der Waals surface area contributed by atoms with E-state index in [9.17, 15) is 0 Å². The summed E-state index contributed by atoms with van der Waals surface area (Å²) in [5.74, 6) is 0. The Bertz CT molecular complexity index is 473. The summed E-state index contributed by atoms with van der Waals surface area (Å²) in [6, 6.07) is 8.66. The van der Waals surface area contributed by atoms with Crippen LogP contribution in [0.25, 0.3) is 10.9 Å². The van der Waals surface area contributed by atoms with Gasteiger partial charge in [-0.15, -0.1) is 4.68 Å². The quantitative estimate of drug-likeness (QED) is 0.513. The van der Waals surface area contributed by atoms with Gasteiger partial charge < -0.3 is 17.0 Å². The summed E-state index contributed by atoms with van der Waals surface area (Å²) in [6.45, 7) is 4.57. The molecule has 1 aromatic heterocycles. The minimum Gasteiger partial charge on any atom is -1.00 e. The van der Waals surface area contributed by atoms with E-state index in [-0.39, 0.29) is 17.0 Å². The van der Waals surface area contributed by atoms with Crippen LogP contribution < -0.4 is 21.7 Å². The van der Waals surface area contributed by atoms with Crippen LogP contribution in [0.3, 0.4) is 0 Å². The predicted molar refractivity (Wildman–Crippen MR) is 51.5 cm³/mol. The Morgan fingerprint density at radius 3 is 2.93 bits per heavy atom. The van der Waals surface area contributed by atoms with Crippen LogP contribution in [0.1, 0.15) is 12.1 Å². The molecule has 0 aliphatic carbocycles. The van der Waals surface area contributed by atoms with Gasteiger partial charge in [0.1, 0.15) is 0 Å². The zero-order chi connectivity index (χ0) is 8.84. The second kappa shape index (κ2) is 3.39. The van der Waals surface area contributed by atoms with Crippen LogP contribution in [0.15, 0.2) is 24.3 Å². The van der Waals surface area contributed by atoms with Crippen molar-refractivity contribution < 1.29 is 21.7 Å². The summed E-state index contributed by atoms with van der Waals surface area (Å²) in [4.78, 5) is 0. The molecule has 0 N–H and O–H groups in total. The molecule has 2 heterocycles. The van der Waals surface area contributed by atoms with Gasteiger partial charge in [-0.3, -0.25) is 0 Å². The van der Waals surface area contributed by atoms with Crippen molar-refractivity contribution >= 4 is 10.9 Å². The van der Waals surface area contributed by atoms with Crippen LogP contribution in [0, 0.1) is 6.92 Å². The van der Waals surface area contributed by atoms with Gasteiger partial charge in [-0.1, -0.05) is 12.1 Å². The smallest absolute Gasteiger partial charge is 0.238 e. The minimum absolute atomic E-state index is 0. The zero-order valence-corrected chi connectivity index (χ0v) is 9.79. The van der Waals surface area contributed by atoms with E-state index in [2.05, 4.69) is 40.6 Å². The molecule has 1 aliphatic rings. The van der Waals surface area contributed by atoms with E-state index >= 15 is 0 Å². The SMILES string of the molecule is Cc1c2ccccc2[n+]2n1CCC2.[Br-]. The molecule has 2 aromatic rings. The normalized spacial score (nSPS) is 14.1. The van der Waals surface area contributed by atoms with Crippen LogP contribution >= 0.6 is 0 Å². The average Bonchev–Trinajstić information content (AvgIpc) is 2.72. The van der Waals surface area contributed by atoms with Crippen LogP contribution in [0.4, 0.5) is 0 Å². The van der Waals surface area contributed by atoms with Crippen LogP contribution in [0.2, 0.25) is 0 Å². The highest BCUT2D eigenvalue weighted by Crippen LogP contribution is 2.18. The molecule has 0 spiro atoms. The molecular weight excluding hydrogens is 240 g/mol. The van der Waals surface area contributed by atoms with Crippen molar-refractivity contribution in [2.24, 2.45) is 0 Å². The Kier molecular flexibility index (Phi) is 2.35. The molecular formula is C11H13BrN2. The van der Waals surface area contributed by atoms with E-state index in [1.165, 1.54) is 36.1 Å². The Hall–Kier alpha value is -0.830. The molecule has 1 aliphatic heterocycles. The van der Waals surface area contributed by atoms with Gasteiger partial charge in [0, 0.05) is 12.5 Å². The van der Waals surface area contributed by atoms with Gasteiger partial charge in [-0.2, -0.15) is 4.68 Å². The third kappa shape index (κ3) is 1.12. The number of aromatic nitrogens is 2. The van der Waals surface area contributed by atoms with E-state index in [1.54, 1.807) is 0 Å². The van der Waals surface area contributed by atoms with E-state index in [4.69, 9.17) is 0 Å². The number of halogens is 1. The largest absolute Gasteiger partial charge is 1.00 e. The van der Waals surface area contributed by atoms with E-state index in [0.29, 0.717) is 0 Å². The first-order valence-electron chi connectivity index (χ1n) is 4.86. The summed E-state index contributed by atoms with van der Waals surface area (Å²) in [5.41, 5.74) is 2.80. The number of para-hydroxylation sites is 1. The molecule has 2 nitrogen and oxygen atoms in total. The summed E-state index contributed by atoms with van der Waals surface area (Å²) in [7, 11) is 0. The van der Waals surface area contributed by atoms with Crippen molar-refractivity contribution in [3.05, 3.63) is 30.0 Å². The second-order valence-corrected chi connectivity index (χ2v) is 3.70. The topological polar surface area (TPSA) is 8.81 Å². The van der Waals surface area contributed by atoms with Gasteiger partial charge in [-0.05, 0) is 13.0 Å². The van der Waals surface area contributed by atoms with Crippen LogP contribution in [0.5, 0.6) is 0 Å². The van der Waals surface area contributed by atoms with Crippen molar-refractivity contribution in [2.45, 2.75) is 26.4 Å². The number of rotatable bonds is 0. The zero-order valence-electron chi connectivity index (χ0n) is 8.20. The maximum Gasteiger partial charge on any atom is 0.238 e. The Morgan fingerprint density at radius 1 is 1.29 bits per heavy atom. The average molecular weight is 253 g/mol. The molecule has 0 bridgehead atoms. The fourth-order valence-electron chi connectivity index (χ4n) is 2.35. The maximum atomic E-state index is 2.39. The molecule has 3 heteroatoms. The highest BCUT2D eigenvalue weighted by atomic mass is 79.9. The number of nitrogens with zero attached hydrogens (tertiary/aromatic N) is 2. The lowest BCUT2D eigenvalue weighted by Gasteiger charge is -1.90. The highest BCUT2D eigenvalue weighted by molar-refractivity contribution is 5.78. The summed E-state index contributed by atoms with van der Waals surface area (Å²) >= 11 is 0. The molecule has 74 valence electrons. The van der Waals surface area contributed by atoms with E-state index in [1.807, 2.05) is 0 Å². The monoisotopic (exact) mass is 252 g/mol. The fraction of sp³-hybridized carbons (Fsp3) is 0.364. The van der Waals surface area contributed by atoms with Crippen molar-refractivity contribution in [1.82, 2.24) is 4.68 Å². The van der Waals surface area contributed by atoms with Crippen LogP contribution in [-0.2, 0) is 13.1 Å². The molecule has 0 radical (unpaired) electrons. The van der Waals surface area contributed by atoms with Gasteiger partial charge in [0.2, 0.25) is 5.52 Å². The van der Waals surface area contributed by atoms with Gasteiger partial charge in [-0.25, -0.2) is 0 Å². The van der Waals surface area contributed by atoms with Gasteiger partial charge in [0.15, 0.2) is 6.54 Å². The van der Waals surface area contributed by atoms with Crippen molar-refractivity contribution in [3.8, 4) is 0 Å². The van der Waals surface area contributed by atoms with Crippen molar-refractivity contribution in [3.63, 3.8) is 0 Å². The van der Waals surface area contributed by atoms with Crippen molar-refractivity contribution in [2.75, 3.05) is 0 Å². The summed E-state index contributed by atoms with van der Waals surface area (Å²) in [6.07, 6.45) is 1.28. The minimum atomic E-state index is 0. The van der Waals surface area contributed by atoms with E-state index in [0.717, 1.165) is 0 Å². The molecule has 0 fully saturated rings. The molecule has 0 amide bonds. The van der Waals surface area contributed by atoms with Crippen LogP contribution in [-0.4, -0.2) is 4.68 Å². The number of hydrogen-bond donors (Lipinski definition) is 0. The standard InChI is InChI=1S/C11H13N2.BrH/c1-9-10-5-2-3-6-11(10)13-8-4-7-12(9)13;/h2-3,5-6H,4,7-8H2,1H3;1H/q+1;/p-1. The third-order valence-corrected chi connectivity index (χ3v) is 2.99. The number of fused-ring (bicyclic) bond motifs is 3. The Balaban J connectivity index is 0.000000750. The number of benzene rings is 1. The first-order valence-corrected chi connectivity index (χ1v) is 4.86. The molecule has 1 aromatic carbocycles. The number of aryl methyl sites for hydroxylation is 2. The second-order valence-electron chi connectivity index (χ2n) is 3.70. The lowest BCUT2D eigenvalue weighted by molar-refractivity contribution is -0.735. The maximum absolute atomic E-state index is 2.39. The van der Waals surface area contributed by atoms with Gasteiger partial charge in [0.25, 0.3) is 0 Å². The third-order valence-electron chi connectivity index (χ3n) is 2.99. The predicted octanol–water partition coefficient (Wildman–Crippen LogP) is -1.36. The van der Waals surface area contributed by atoms with Gasteiger partial charge in [0.05, 0.1) is 17.6 Å². The molecule has 0 atom stereocenters. The highest BCUT2D eigenvalue weighted by Gasteiger charge is 2.25. The van der Waals surface area contributed by atoms with Gasteiger partial charge >= 0.3 is 0 Å². The van der Waals surface area contributed by atoms with E-state index < -0.39 is 0 Å². The Labute approximate surface area is 93.9 Å². The molecule has 0 unspecified atom stereocenters. The number of hydrogen-bond acceptors (Lipinski definition) is 0. The first kappa shape index (κ1) is 9.71. The summed E-state index contributed by atoms with van der Waals surface area (Å²) in [5, 5.41) is 1.40. The molecule has 0 saturated heterocycles. The lowest BCUT2D eigenvalue weighted by Crippen LogP contribution is -3.00. The lowest BCUT2D eigenvalue weighted by atomic mass is 10.2. The molecule has 14 heavy (non-hydrogen) atoms. The molecule has 0 saturated carbocycles. The molecule has 3 rings (SSSR count). The first-order chi connectivity index (χ1) is 6.38. The summed E-state index contributed by atoms with van der Waals surface area (Å²) < 4.78 is 4.79.